The summed E-state index contributed by atoms with van der Waals surface area (Å²) in [6.07, 6.45) is 0.0159. The molecule has 4 heteroatoms. The SMILES string of the molecule is Cc1ccc(CC(=O)c2cc(F)cc(F)c2)c(Cl)c1. The number of ketones is 1. The summed E-state index contributed by atoms with van der Waals surface area (Å²) in [5, 5.41) is 0.477. The van der Waals surface area contributed by atoms with Crippen LogP contribution in [-0.2, 0) is 6.42 Å². The van der Waals surface area contributed by atoms with Gasteiger partial charge >= 0.3 is 0 Å². The molecular weight excluding hydrogens is 270 g/mol. The van der Waals surface area contributed by atoms with Gasteiger partial charge in [-0.1, -0.05) is 23.7 Å². The van der Waals surface area contributed by atoms with Crippen LogP contribution in [-0.4, -0.2) is 5.78 Å². The molecule has 19 heavy (non-hydrogen) atoms. The van der Waals surface area contributed by atoms with Gasteiger partial charge in [0.1, 0.15) is 11.6 Å². The van der Waals surface area contributed by atoms with Gasteiger partial charge in [0.2, 0.25) is 0 Å². The number of Topliss-reactive ketones (excluding diaryl/α,β-unsaturated/α-hetero) is 1. The van der Waals surface area contributed by atoms with E-state index in [0.717, 1.165) is 23.8 Å². The summed E-state index contributed by atoms with van der Waals surface area (Å²) < 4.78 is 26.1. The molecule has 2 aromatic rings. The lowest BCUT2D eigenvalue weighted by Crippen LogP contribution is -2.05. The Balaban J connectivity index is 2.25. The zero-order valence-electron chi connectivity index (χ0n) is 10.2. The fourth-order valence-electron chi connectivity index (χ4n) is 1.79. The fraction of sp³-hybridized carbons (Fsp3) is 0.133. The predicted octanol–water partition coefficient (Wildman–Crippen LogP) is 4.35. The summed E-state index contributed by atoms with van der Waals surface area (Å²) in [5.41, 5.74) is 1.63. The van der Waals surface area contributed by atoms with Gasteiger partial charge in [-0.05, 0) is 36.2 Å². The summed E-state index contributed by atoms with van der Waals surface area (Å²) in [6.45, 7) is 1.89. The van der Waals surface area contributed by atoms with Crippen molar-refractivity contribution >= 4 is 17.4 Å². The highest BCUT2D eigenvalue weighted by atomic mass is 35.5. The molecule has 98 valence electrons. The molecule has 0 heterocycles. The van der Waals surface area contributed by atoms with Crippen LogP contribution in [0.2, 0.25) is 5.02 Å². The highest BCUT2D eigenvalue weighted by molar-refractivity contribution is 6.31. The topological polar surface area (TPSA) is 17.1 Å². The Morgan fingerprint density at radius 1 is 1.11 bits per heavy atom. The molecule has 0 saturated heterocycles. The average Bonchev–Trinajstić information content (AvgIpc) is 2.31. The van der Waals surface area contributed by atoms with Crippen molar-refractivity contribution < 1.29 is 13.6 Å². The Morgan fingerprint density at radius 3 is 2.32 bits per heavy atom. The molecule has 0 N–H and O–H groups in total. The van der Waals surface area contributed by atoms with Gasteiger partial charge in [-0.3, -0.25) is 4.79 Å². The van der Waals surface area contributed by atoms with Gasteiger partial charge in [0.05, 0.1) is 0 Å². The molecule has 0 bridgehead atoms. The second-order valence-corrected chi connectivity index (χ2v) is 4.76. The standard InChI is InChI=1S/C15H11ClF2O/c1-9-2-3-10(14(16)4-9)7-15(19)11-5-12(17)8-13(18)6-11/h2-6,8H,7H2,1H3. The van der Waals surface area contributed by atoms with Gasteiger partial charge in [-0.2, -0.15) is 0 Å². The maximum absolute atomic E-state index is 13.0. The summed E-state index contributed by atoms with van der Waals surface area (Å²) in [7, 11) is 0. The largest absolute Gasteiger partial charge is 0.294 e. The number of carbonyl (C=O) groups is 1. The van der Waals surface area contributed by atoms with Crippen LogP contribution in [0.25, 0.3) is 0 Å². The zero-order valence-corrected chi connectivity index (χ0v) is 11.0. The third kappa shape index (κ3) is 3.38. The lowest BCUT2D eigenvalue weighted by Gasteiger charge is -2.05. The van der Waals surface area contributed by atoms with Crippen molar-refractivity contribution in [1.82, 2.24) is 0 Å². The molecule has 0 aliphatic rings. The van der Waals surface area contributed by atoms with Crippen LogP contribution >= 0.6 is 11.6 Å². The third-order valence-electron chi connectivity index (χ3n) is 2.74. The number of carbonyl (C=O) groups excluding carboxylic acids is 1. The van der Waals surface area contributed by atoms with E-state index in [-0.39, 0.29) is 17.8 Å². The zero-order chi connectivity index (χ0) is 14.0. The van der Waals surface area contributed by atoms with Crippen LogP contribution in [0.15, 0.2) is 36.4 Å². The van der Waals surface area contributed by atoms with E-state index in [9.17, 15) is 13.6 Å². The average molecular weight is 281 g/mol. The first-order valence-electron chi connectivity index (χ1n) is 5.70. The van der Waals surface area contributed by atoms with Crippen molar-refractivity contribution in [3.05, 3.63) is 69.7 Å². The van der Waals surface area contributed by atoms with Gasteiger partial charge in [-0.25, -0.2) is 8.78 Å². The van der Waals surface area contributed by atoms with Gasteiger partial charge in [0.15, 0.2) is 5.78 Å². The van der Waals surface area contributed by atoms with E-state index in [1.54, 1.807) is 12.1 Å². The Hall–Kier alpha value is -1.74. The van der Waals surface area contributed by atoms with Crippen LogP contribution in [0.5, 0.6) is 0 Å². The monoisotopic (exact) mass is 280 g/mol. The van der Waals surface area contributed by atoms with Crippen LogP contribution in [0.3, 0.4) is 0 Å². The second kappa shape index (κ2) is 5.49. The van der Waals surface area contributed by atoms with E-state index < -0.39 is 11.6 Å². The molecule has 0 saturated carbocycles. The van der Waals surface area contributed by atoms with E-state index in [1.807, 2.05) is 13.0 Å². The summed E-state index contributed by atoms with van der Waals surface area (Å²) in [4.78, 5) is 12.0. The highest BCUT2D eigenvalue weighted by Crippen LogP contribution is 2.20. The lowest BCUT2D eigenvalue weighted by atomic mass is 10.0. The molecular formula is C15H11ClF2O. The molecule has 0 unspecified atom stereocenters. The van der Waals surface area contributed by atoms with Crippen molar-refractivity contribution in [3.63, 3.8) is 0 Å². The Labute approximate surface area is 114 Å². The normalized spacial score (nSPS) is 10.5. The lowest BCUT2D eigenvalue weighted by molar-refractivity contribution is 0.0992. The number of hydrogen-bond acceptors (Lipinski definition) is 1. The van der Waals surface area contributed by atoms with Gasteiger partial charge in [-0.15, -0.1) is 0 Å². The summed E-state index contributed by atoms with van der Waals surface area (Å²) in [5.74, 6) is -1.90. The summed E-state index contributed by atoms with van der Waals surface area (Å²) >= 11 is 6.02. The number of halogens is 3. The van der Waals surface area contributed by atoms with Crippen LogP contribution < -0.4 is 0 Å². The van der Waals surface area contributed by atoms with Crippen molar-refractivity contribution in [2.75, 3.05) is 0 Å². The Kier molecular flexibility index (Phi) is 3.96. The van der Waals surface area contributed by atoms with Crippen molar-refractivity contribution in [2.24, 2.45) is 0 Å². The number of benzene rings is 2. The van der Waals surface area contributed by atoms with Gasteiger partial charge in [0.25, 0.3) is 0 Å². The molecule has 0 aliphatic carbocycles. The van der Waals surface area contributed by atoms with E-state index in [1.165, 1.54) is 0 Å². The first kappa shape index (κ1) is 13.7. The third-order valence-corrected chi connectivity index (χ3v) is 3.10. The Morgan fingerprint density at radius 2 is 1.74 bits per heavy atom. The molecule has 0 radical (unpaired) electrons. The van der Waals surface area contributed by atoms with Gasteiger partial charge in [0, 0.05) is 23.1 Å². The van der Waals surface area contributed by atoms with Crippen LogP contribution in [0.4, 0.5) is 8.78 Å². The van der Waals surface area contributed by atoms with Crippen molar-refractivity contribution in [1.29, 1.82) is 0 Å². The second-order valence-electron chi connectivity index (χ2n) is 4.35. The molecule has 2 aromatic carbocycles. The number of aryl methyl sites for hydroxylation is 1. The van der Waals surface area contributed by atoms with E-state index in [0.29, 0.717) is 10.6 Å². The smallest absolute Gasteiger partial charge is 0.167 e. The fourth-order valence-corrected chi connectivity index (χ4v) is 2.09. The number of rotatable bonds is 3. The molecule has 0 atom stereocenters. The molecule has 0 fully saturated rings. The molecule has 0 spiro atoms. The minimum Gasteiger partial charge on any atom is -0.294 e. The quantitative estimate of drug-likeness (QED) is 0.764. The predicted molar refractivity (Wildman–Crippen MR) is 70.6 cm³/mol. The minimum atomic E-state index is -0.765. The highest BCUT2D eigenvalue weighted by Gasteiger charge is 2.12. The minimum absolute atomic E-state index is 0.00846. The first-order valence-corrected chi connectivity index (χ1v) is 6.08. The van der Waals surface area contributed by atoms with Gasteiger partial charge < -0.3 is 0 Å². The molecule has 1 nitrogen and oxygen atoms in total. The van der Waals surface area contributed by atoms with E-state index in [4.69, 9.17) is 11.6 Å². The van der Waals surface area contributed by atoms with Crippen LogP contribution in [0, 0.1) is 18.6 Å². The van der Waals surface area contributed by atoms with E-state index >= 15 is 0 Å². The summed E-state index contributed by atoms with van der Waals surface area (Å²) in [6, 6.07) is 8.10. The Bertz CT molecular complexity index is 618. The van der Waals surface area contributed by atoms with Crippen molar-refractivity contribution in [3.8, 4) is 0 Å². The molecule has 0 aliphatic heterocycles. The maximum Gasteiger partial charge on any atom is 0.167 e. The molecule has 0 amide bonds. The van der Waals surface area contributed by atoms with Crippen molar-refractivity contribution in [2.45, 2.75) is 13.3 Å². The van der Waals surface area contributed by atoms with E-state index in [2.05, 4.69) is 0 Å². The number of hydrogen-bond donors (Lipinski definition) is 0. The molecule has 0 aromatic heterocycles. The van der Waals surface area contributed by atoms with Crippen LogP contribution in [0.1, 0.15) is 21.5 Å². The molecule has 2 rings (SSSR count). The maximum atomic E-state index is 13.0. The first-order chi connectivity index (χ1) is 8.95.